The molecule has 2 aliphatic rings. The van der Waals surface area contributed by atoms with Crippen molar-refractivity contribution in [3.8, 4) is 0 Å². The van der Waals surface area contributed by atoms with E-state index in [0.717, 1.165) is 30.3 Å². The van der Waals surface area contributed by atoms with Crippen LogP contribution in [0.15, 0.2) is 47.4 Å². The largest absolute Gasteiger partial charge is 0.298 e. The third-order valence-corrected chi connectivity index (χ3v) is 6.77. The third-order valence-electron chi connectivity index (χ3n) is 4.91. The molecule has 2 aromatic rings. The van der Waals surface area contributed by atoms with Gasteiger partial charge in [0.25, 0.3) is 0 Å². The summed E-state index contributed by atoms with van der Waals surface area (Å²) in [6.45, 7) is 3.22. The Labute approximate surface area is 131 Å². The second-order valence-electron chi connectivity index (χ2n) is 6.20. The molecule has 2 saturated heterocycles. The molecule has 4 nitrogen and oxygen atoms in total. The standard InChI is InChI=1S/C17H20N2O2S/c20-22(21,19-11-10-18-9-3-6-16(18)13-19)17-8-7-14-4-1-2-5-15(14)12-17/h1-2,4-5,7-8,12,16H,3,6,9-11,13H2/t16-/m0/s1. The lowest BCUT2D eigenvalue weighted by Gasteiger charge is -2.36. The average Bonchev–Trinajstić information content (AvgIpc) is 3.02. The quantitative estimate of drug-likeness (QED) is 0.854. The first-order valence-corrected chi connectivity index (χ1v) is 9.32. The monoisotopic (exact) mass is 316 g/mol. The highest BCUT2D eigenvalue weighted by Crippen LogP contribution is 2.27. The summed E-state index contributed by atoms with van der Waals surface area (Å²) in [5.74, 6) is 0. The van der Waals surface area contributed by atoms with E-state index in [1.54, 1.807) is 16.4 Å². The van der Waals surface area contributed by atoms with Crippen LogP contribution in [-0.2, 0) is 10.0 Å². The lowest BCUT2D eigenvalue weighted by atomic mass is 10.1. The van der Waals surface area contributed by atoms with Crippen LogP contribution in [0.3, 0.4) is 0 Å². The van der Waals surface area contributed by atoms with Gasteiger partial charge in [-0.2, -0.15) is 4.31 Å². The molecule has 2 heterocycles. The Morgan fingerprint density at radius 2 is 1.77 bits per heavy atom. The van der Waals surface area contributed by atoms with E-state index in [1.807, 2.05) is 30.3 Å². The maximum absolute atomic E-state index is 12.9. The normalized spacial score (nSPS) is 23.7. The maximum Gasteiger partial charge on any atom is 0.243 e. The van der Waals surface area contributed by atoms with Crippen molar-refractivity contribution in [3.05, 3.63) is 42.5 Å². The SMILES string of the molecule is O=S(=O)(c1ccc2ccccc2c1)N1CCN2CCC[C@H]2C1. The zero-order chi connectivity index (χ0) is 15.2. The van der Waals surface area contributed by atoms with Crippen LogP contribution in [-0.4, -0.2) is 49.8 Å². The molecule has 0 saturated carbocycles. The maximum atomic E-state index is 12.9. The lowest BCUT2D eigenvalue weighted by molar-refractivity contribution is 0.158. The predicted molar refractivity (Wildman–Crippen MR) is 87.3 cm³/mol. The summed E-state index contributed by atoms with van der Waals surface area (Å²) in [6, 6.07) is 13.7. The van der Waals surface area contributed by atoms with Gasteiger partial charge >= 0.3 is 0 Å². The van der Waals surface area contributed by atoms with Gasteiger partial charge in [-0.05, 0) is 42.3 Å². The number of nitrogens with zero attached hydrogens (tertiary/aromatic N) is 2. The molecule has 5 heteroatoms. The van der Waals surface area contributed by atoms with Gasteiger partial charge in [-0.15, -0.1) is 0 Å². The second kappa shape index (κ2) is 5.33. The molecule has 0 aromatic heterocycles. The Hall–Kier alpha value is -1.43. The van der Waals surface area contributed by atoms with Gasteiger partial charge in [-0.1, -0.05) is 30.3 Å². The van der Waals surface area contributed by atoms with E-state index in [-0.39, 0.29) is 0 Å². The molecule has 0 spiro atoms. The molecule has 0 N–H and O–H groups in total. The second-order valence-corrected chi connectivity index (χ2v) is 8.14. The summed E-state index contributed by atoms with van der Waals surface area (Å²) in [5, 5.41) is 2.05. The Morgan fingerprint density at radius 1 is 0.955 bits per heavy atom. The molecule has 1 atom stereocenters. The first kappa shape index (κ1) is 14.2. The Bertz CT molecular complexity index is 803. The summed E-state index contributed by atoms with van der Waals surface area (Å²) < 4.78 is 27.5. The van der Waals surface area contributed by atoms with E-state index in [2.05, 4.69) is 4.90 Å². The van der Waals surface area contributed by atoms with Crippen LogP contribution < -0.4 is 0 Å². The van der Waals surface area contributed by atoms with Crippen LogP contribution in [0.5, 0.6) is 0 Å². The van der Waals surface area contributed by atoms with Crippen LogP contribution in [0.2, 0.25) is 0 Å². The number of piperazine rings is 1. The average molecular weight is 316 g/mol. The number of sulfonamides is 1. The summed E-state index contributed by atoms with van der Waals surface area (Å²) in [7, 11) is -3.39. The first-order valence-electron chi connectivity index (χ1n) is 7.88. The van der Waals surface area contributed by atoms with E-state index in [9.17, 15) is 8.42 Å². The third kappa shape index (κ3) is 2.33. The van der Waals surface area contributed by atoms with Crippen molar-refractivity contribution in [1.82, 2.24) is 9.21 Å². The number of hydrogen-bond acceptors (Lipinski definition) is 3. The van der Waals surface area contributed by atoms with E-state index >= 15 is 0 Å². The first-order chi connectivity index (χ1) is 10.6. The van der Waals surface area contributed by atoms with Crippen LogP contribution in [0, 0.1) is 0 Å². The molecule has 0 bridgehead atoms. The molecule has 22 heavy (non-hydrogen) atoms. The van der Waals surface area contributed by atoms with Crippen molar-refractivity contribution in [2.24, 2.45) is 0 Å². The fraction of sp³-hybridized carbons (Fsp3) is 0.412. The van der Waals surface area contributed by atoms with E-state index < -0.39 is 10.0 Å². The van der Waals surface area contributed by atoms with Crippen molar-refractivity contribution >= 4 is 20.8 Å². The summed E-state index contributed by atoms with van der Waals surface area (Å²) in [5.41, 5.74) is 0. The van der Waals surface area contributed by atoms with Gasteiger partial charge in [0.15, 0.2) is 0 Å². The molecule has 4 rings (SSSR count). The number of hydrogen-bond donors (Lipinski definition) is 0. The molecule has 2 aromatic carbocycles. The van der Waals surface area contributed by atoms with Gasteiger partial charge in [0.1, 0.15) is 0 Å². The van der Waals surface area contributed by atoms with E-state index in [0.29, 0.717) is 24.0 Å². The number of benzene rings is 2. The minimum Gasteiger partial charge on any atom is -0.298 e. The van der Waals surface area contributed by atoms with E-state index in [1.165, 1.54) is 6.42 Å². The molecular weight excluding hydrogens is 296 g/mol. The van der Waals surface area contributed by atoms with Crippen molar-refractivity contribution in [1.29, 1.82) is 0 Å². The van der Waals surface area contributed by atoms with Crippen molar-refractivity contribution in [3.63, 3.8) is 0 Å². The highest BCUT2D eigenvalue weighted by atomic mass is 32.2. The molecule has 2 aliphatic heterocycles. The molecule has 0 unspecified atom stereocenters. The minimum atomic E-state index is -3.39. The topological polar surface area (TPSA) is 40.6 Å². The Morgan fingerprint density at radius 3 is 2.64 bits per heavy atom. The van der Waals surface area contributed by atoms with Crippen LogP contribution >= 0.6 is 0 Å². The van der Waals surface area contributed by atoms with Gasteiger partial charge in [0, 0.05) is 25.7 Å². The highest BCUT2D eigenvalue weighted by molar-refractivity contribution is 7.89. The highest BCUT2D eigenvalue weighted by Gasteiger charge is 2.36. The smallest absolute Gasteiger partial charge is 0.243 e. The van der Waals surface area contributed by atoms with Crippen molar-refractivity contribution in [2.75, 3.05) is 26.2 Å². The minimum absolute atomic E-state index is 0.406. The van der Waals surface area contributed by atoms with E-state index in [4.69, 9.17) is 0 Å². The van der Waals surface area contributed by atoms with Crippen LogP contribution in [0.4, 0.5) is 0 Å². The van der Waals surface area contributed by atoms with Crippen LogP contribution in [0.25, 0.3) is 10.8 Å². The fourth-order valence-corrected chi connectivity index (χ4v) is 5.16. The van der Waals surface area contributed by atoms with Gasteiger partial charge in [-0.25, -0.2) is 8.42 Å². The number of rotatable bonds is 2. The molecule has 0 aliphatic carbocycles. The molecule has 2 fully saturated rings. The predicted octanol–water partition coefficient (Wildman–Crippen LogP) is 2.31. The summed E-state index contributed by atoms with van der Waals surface area (Å²) >= 11 is 0. The van der Waals surface area contributed by atoms with Gasteiger partial charge < -0.3 is 0 Å². The Balaban J connectivity index is 1.66. The van der Waals surface area contributed by atoms with Gasteiger partial charge in [0.2, 0.25) is 10.0 Å². The van der Waals surface area contributed by atoms with Crippen molar-refractivity contribution in [2.45, 2.75) is 23.8 Å². The zero-order valence-corrected chi connectivity index (χ0v) is 13.3. The van der Waals surface area contributed by atoms with Gasteiger partial charge in [0.05, 0.1) is 4.90 Å². The molecular formula is C17H20N2O2S. The number of fused-ring (bicyclic) bond motifs is 2. The van der Waals surface area contributed by atoms with Crippen molar-refractivity contribution < 1.29 is 8.42 Å². The van der Waals surface area contributed by atoms with Crippen LogP contribution in [0.1, 0.15) is 12.8 Å². The summed E-state index contributed by atoms with van der Waals surface area (Å²) in [4.78, 5) is 2.84. The Kier molecular flexibility index (Phi) is 3.44. The lowest BCUT2D eigenvalue weighted by Crippen LogP contribution is -2.51. The zero-order valence-electron chi connectivity index (χ0n) is 12.5. The fourth-order valence-electron chi connectivity index (χ4n) is 3.66. The summed E-state index contributed by atoms with van der Waals surface area (Å²) in [6.07, 6.45) is 2.30. The molecule has 0 amide bonds. The molecule has 116 valence electrons. The van der Waals surface area contributed by atoms with Gasteiger partial charge in [-0.3, -0.25) is 4.90 Å². The molecule has 0 radical (unpaired) electrons.